The van der Waals surface area contributed by atoms with Gasteiger partial charge in [-0.2, -0.15) is 0 Å². The Hall–Kier alpha value is -1.90. The maximum Gasteiger partial charge on any atom is 0.255 e. The Morgan fingerprint density at radius 1 is 1.29 bits per heavy atom. The van der Waals surface area contributed by atoms with Crippen molar-refractivity contribution in [3.63, 3.8) is 0 Å². The number of rotatable bonds is 5. The van der Waals surface area contributed by atoms with Gasteiger partial charge in [0.15, 0.2) is 6.10 Å². The van der Waals surface area contributed by atoms with E-state index < -0.39 is 0 Å². The molecule has 152 valence electrons. The Morgan fingerprint density at radius 3 is 2.50 bits per heavy atom. The van der Waals surface area contributed by atoms with E-state index >= 15 is 0 Å². The molecule has 0 spiro atoms. The zero-order valence-electron chi connectivity index (χ0n) is 17.1. The van der Waals surface area contributed by atoms with Gasteiger partial charge in [0.05, 0.1) is 16.3 Å². The summed E-state index contributed by atoms with van der Waals surface area (Å²) in [4.78, 5) is 15.6. The number of nitrogens with one attached hydrogen (secondary N) is 1. The Morgan fingerprint density at radius 2 is 1.93 bits per heavy atom. The van der Waals surface area contributed by atoms with E-state index in [0.717, 1.165) is 25.9 Å². The number of hydrogen-bond acceptors (Lipinski definition) is 4. The third-order valence-corrected chi connectivity index (χ3v) is 6.21. The summed E-state index contributed by atoms with van der Waals surface area (Å²) in [5.74, 6) is 6.99. The van der Waals surface area contributed by atoms with Crippen LogP contribution in [0.3, 0.4) is 0 Å². The number of amides is 1. The number of anilines is 1. The number of benzene rings is 1. The molecule has 1 saturated carbocycles. The van der Waals surface area contributed by atoms with Gasteiger partial charge in [-0.1, -0.05) is 17.5 Å². The Balaban J connectivity index is 1.79. The summed E-state index contributed by atoms with van der Waals surface area (Å²) in [7, 11) is 0. The van der Waals surface area contributed by atoms with Crippen LogP contribution in [0.25, 0.3) is 0 Å². The molecule has 1 aromatic rings. The molecule has 1 aromatic carbocycles. The zero-order chi connectivity index (χ0) is 20.4. The molecule has 28 heavy (non-hydrogen) atoms. The van der Waals surface area contributed by atoms with Gasteiger partial charge in [0, 0.05) is 31.2 Å². The van der Waals surface area contributed by atoms with Gasteiger partial charge in [0.25, 0.3) is 5.91 Å². The second-order valence-corrected chi connectivity index (χ2v) is 8.58. The molecule has 1 saturated heterocycles. The third kappa shape index (κ3) is 4.39. The number of piperidine rings is 1. The minimum Gasteiger partial charge on any atom is -0.477 e. The van der Waals surface area contributed by atoms with Gasteiger partial charge in [0.1, 0.15) is 5.75 Å². The van der Waals surface area contributed by atoms with Gasteiger partial charge in [-0.15, -0.1) is 5.92 Å². The fraction of sp³-hybridized carbons (Fsp3) is 0.591. The molecule has 6 heteroatoms. The number of carbonyl (C=O) groups is 1. The highest BCUT2D eigenvalue weighted by atomic mass is 35.5. The molecular formula is C22H30ClN3O2. The van der Waals surface area contributed by atoms with Crippen LogP contribution < -0.4 is 15.8 Å². The fourth-order valence-electron chi connectivity index (χ4n) is 4.41. The molecule has 2 aliphatic rings. The summed E-state index contributed by atoms with van der Waals surface area (Å²) < 4.78 is 5.87. The summed E-state index contributed by atoms with van der Waals surface area (Å²) in [6.45, 7) is 10.1. The van der Waals surface area contributed by atoms with Crippen LogP contribution in [-0.4, -0.2) is 42.1 Å². The van der Waals surface area contributed by atoms with Crippen molar-refractivity contribution in [2.75, 3.05) is 18.8 Å². The molecule has 2 fully saturated rings. The maximum atomic E-state index is 13.1. The van der Waals surface area contributed by atoms with Gasteiger partial charge < -0.3 is 20.7 Å². The van der Waals surface area contributed by atoms with Gasteiger partial charge in [-0.25, -0.2) is 0 Å². The van der Waals surface area contributed by atoms with Crippen molar-refractivity contribution in [3.05, 3.63) is 22.7 Å². The molecule has 0 radical (unpaired) electrons. The first-order valence-electron chi connectivity index (χ1n) is 10.0. The SMILES string of the molecule is CC#CC(C)Oc1cc(N)c(Cl)cc1C(=O)NC1C2CCC1CN(C(C)C)C2. The number of nitrogen functional groups attached to an aromatic ring is 1. The van der Waals surface area contributed by atoms with Crippen LogP contribution in [0.4, 0.5) is 5.69 Å². The van der Waals surface area contributed by atoms with E-state index in [1.54, 1.807) is 19.1 Å². The highest BCUT2D eigenvalue weighted by Gasteiger charge is 2.43. The zero-order valence-corrected chi connectivity index (χ0v) is 17.8. The third-order valence-electron chi connectivity index (χ3n) is 5.88. The van der Waals surface area contributed by atoms with E-state index in [1.807, 2.05) is 6.92 Å². The van der Waals surface area contributed by atoms with Crippen molar-refractivity contribution >= 4 is 23.2 Å². The smallest absolute Gasteiger partial charge is 0.255 e. The molecule has 3 unspecified atom stereocenters. The summed E-state index contributed by atoms with van der Waals surface area (Å²) in [5, 5.41) is 3.62. The predicted molar refractivity (Wildman–Crippen MR) is 114 cm³/mol. The number of nitrogens with zero attached hydrogens (tertiary/aromatic N) is 1. The Labute approximate surface area is 172 Å². The molecule has 1 amide bonds. The molecule has 1 aliphatic heterocycles. The molecule has 3 atom stereocenters. The summed E-state index contributed by atoms with van der Waals surface area (Å²) >= 11 is 6.20. The standard InChI is InChI=1S/C22H30ClN3O2/c1-5-6-14(4)28-20-10-19(24)18(23)9-17(20)22(27)25-21-15-7-8-16(21)12-26(11-15)13(2)3/h9-10,13-16,21H,7-8,11-12,24H2,1-4H3,(H,25,27). The second kappa shape index (κ2) is 8.63. The topological polar surface area (TPSA) is 67.6 Å². The molecule has 2 bridgehead atoms. The average molecular weight is 404 g/mol. The van der Waals surface area contributed by atoms with Crippen molar-refractivity contribution in [2.45, 2.75) is 58.7 Å². The van der Waals surface area contributed by atoms with E-state index in [-0.39, 0.29) is 18.1 Å². The van der Waals surface area contributed by atoms with Gasteiger partial charge >= 0.3 is 0 Å². The fourth-order valence-corrected chi connectivity index (χ4v) is 4.58. The molecular weight excluding hydrogens is 374 g/mol. The molecule has 5 nitrogen and oxygen atoms in total. The number of likely N-dealkylation sites (tertiary alicyclic amines) is 1. The highest BCUT2D eigenvalue weighted by Crippen LogP contribution is 2.38. The van der Waals surface area contributed by atoms with E-state index in [1.165, 1.54) is 0 Å². The molecule has 1 aliphatic carbocycles. The minimum atomic E-state index is -0.345. The van der Waals surface area contributed by atoms with Crippen LogP contribution in [0.1, 0.15) is 50.9 Å². The summed E-state index contributed by atoms with van der Waals surface area (Å²) in [6, 6.07) is 3.94. The lowest BCUT2D eigenvalue weighted by molar-refractivity contribution is 0.0775. The van der Waals surface area contributed by atoms with Gasteiger partial charge in [0.2, 0.25) is 0 Å². The first-order chi connectivity index (χ1) is 13.3. The summed E-state index contributed by atoms with van der Waals surface area (Å²) in [6.07, 6.45) is 1.98. The van der Waals surface area contributed by atoms with E-state index in [4.69, 9.17) is 22.1 Å². The first-order valence-corrected chi connectivity index (χ1v) is 10.4. The van der Waals surface area contributed by atoms with Crippen LogP contribution in [0.2, 0.25) is 5.02 Å². The molecule has 3 N–H and O–H groups in total. The largest absolute Gasteiger partial charge is 0.477 e. The quantitative estimate of drug-likeness (QED) is 0.582. The molecule has 1 heterocycles. The first kappa shape index (κ1) is 20.8. The van der Waals surface area contributed by atoms with Crippen LogP contribution in [0.15, 0.2) is 12.1 Å². The van der Waals surface area contributed by atoms with Crippen molar-refractivity contribution in [2.24, 2.45) is 11.8 Å². The van der Waals surface area contributed by atoms with Gasteiger partial charge in [-0.05, 0) is 58.4 Å². The minimum absolute atomic E-state index is 0.159. The normalized spacial score (nSPS) is 25.1. The Bertz CT molecular complexity index is 785. The van der Waals surface area contributed by atoms with Crippen molar-refractivity contribution < 1.29 is 9.53 Å². The molecule has 0 aromatic heterocycles. The van der Waals surface area contributed by atoms with Gasteiger partial charge in [-0.3, -0.25) is 4.79 Å². The number of nitrogens with two attached hydrogens (primary N) is 1. The van der Waals surface area contributed by atoms with E-state index in [9.17, 15) is 4.79 Å². The number of fused-ring (bicyclic) bond motifs is 2. The maximum absolute atomic E-state index is 13.1. The monoisotopic (exact) mass is 403 g/mol. The van der Waals surface area contributed by atoms with Crippen molar-refractivity contribution in [1.82, 2.24) is 10.2 Å². The second-order valence-electron chi connectivity index (χ2n) is 8.17. The molecule has 3 rings (SSSR count). The number of carbonyl (C=O) groups excluding carboxylic acids is 1. The Kier molecular flexibility index (Phi) is 6.42. The average Bonchev–Trinajstić information content (AvgIpc) is 2.86. The van der Waals surface area contributed by atoms with Crippen molar-refractivity contribution in [3.8, 4) is 17.6 Å². The van der Waals surface area contributed by atoms with Crippen molar-refractivity contribution in [1.29, 1.82) is 0 Å². The predicted octanol–water partition coefficient (Wildman–Crippen LogP) is 3.56. The van der Waals surface area contributed by atoms with Crippen LogP contribution in [-0.2, 0) is 0 Å². The summed E-state index contributed by atoms with van der Waals surface area (Å²) in [5.41, 5.74) is 6.73. The van der Waals surface area contributed by atoms with Crippen LogP contribution in [0, 0.1) is 23.7 Å². The number of hydrogen-bond donors (Lipinski definition) is 2. The number of halogens is 1. The number of ether oxygens (including phenoxy) is 1. The van der Waals surface area contributed by atoms with E-state index in [2.05, 4.69) is 35.9 Å². The lowest BCUT2D eigenvalue weighted by Crippen LogP contribution is -2.54. The highest BCUT2D eigenvalue weighted by molar-refractivity contribution is 6.33. The van der Waals surface area contributed by atoms with Crippen LogP contribution in [0.5, 0.6) is 5.75 Å². The van der Waals surface area contributed by atoms with E-state index in [0.29, 0.717) is 39.9 Å². The lowest BCUT2D eigenvalue weighted by Gasteiger charge is -2.40. The lowest BCUT2D eigenvalue weighted by atomic mass is 9.91. The van der Waals surface area contributed by atoms with Crippen LogP contribution >= 0.6 is 11.6 Å².